The van der Waals surface area contributed by atoms with Crippen LogP contribution in [0.25, 0.3) is 0 Å². The van der Waals surface area contributed by atoms with E-state index in [1.165, 1.54) is 7.05 Å². The van der Waals surface area contributed by atoms with E-state index in [0.717, 1.165) is 44.9 Å². The van der Waals surface area contributed by atoms with Crippen LogP contribution in [0.15, 0.2) is 0 Å². The van der Waals surface area contributed by atoms with Crippen LogP contribution < -0.4 is 16.0 Å². The molecule has 0 aromatic carbocycles. The van der Waals surface area contributed by atoms with E-state index in [4.69, 9.17) is 4.74 Å². The van der Waals surface area contributed by atoms with E-state index in [2.05, 4.69) is 29.8 Å². The molecule has 10 heteroatoms. The second-order valence-electron chi connectivity index (χ2n) is 13.6. The van der Waals surface area contributed by atoms with Crippen molar-refractivity contribution in [1.82, 2.24) is 20.9 Å². The predicted molar refractivity (Wildman–Crippen MR) is 144 cm³/mol. The molecule has 0 aromatic heterocycles. The third-order valence-electron chi connectivity index (χ3n) is 9.17. The van der Waals surface area contributed by atoms with Gasteiger partial charge in [0.15, 0.2) is 0 Å². The molecule has 3 N–H and O–H groups in total. The first-order valence-electron chi connectivity index (χ1n) is 14.6. The monoisotopic (exact) mass is 546 g/mol. The molecule has 0 spiro atoms. The number of nitrogens with zero attached hydrogens (tertiary/aromatic N) is 1. The Balaban J connectivity index is 1.55. The molecule has 39 heavy (non-hydrogen) atoms. The number of nitrogens with one attached hydrogen (secondary N) is 3. The highest BCUT2D eigenvalue weighted by atomic mass is 16.6. The van der Waals surface area contributed by atoms with Crippen LogP contribution in [0, 0.1) is 29.1 Å². The van der Waals surface area contributed by atoms with Crippen molar-refractivity contribution in [2.45, 2.75) is 110 Å². The standard InChI is InChI=1S/C29H46N4O6/c1-28(2,3)39-27(38)32-21(17-10-8-7-9-11-17)26(37)33-15-18-20(29(18,4)5)22(33)24(35)31-19(14-16-12-13-16)23(34)25(36)30-6/h16-22H,7-15H2,1-6H3,(H,30,36)(H,31,35)(H,32,38)/t18-,19?,20-,21?,22-/m0/s1. The number of likely N-dealkylation sites (N-methyl/N-ethyl adjacent to an activating group) is 1. The molecule has 4 amide bonds. The van der Waals surface area contributed by atoms with E-state index < -0.39 is 47.4 Å². The highest BCUT2D eigenvalue weighted by Gasteiger charge is 2.69. The number of amides is 4. The number of fused-ring (bicyclic) bond motifs is 1. The molecule has 0 radical (unpaired) electrons. The third kappa shape index (κ3) is 6.57. The van der Waals surface area contributed by atoms with Crippen LogP contribution in [0.3, 0.4) is 0 Å². The van der Waals surface area contributed by atoms with Crippen LogP contribution >= 0.6 is 0 Å². The molecule has 10 nitrogen and oxygen atoms in total. The van der Waals surface area contributed by atoms with E-state index in [0.29, 0.717) is 18.9 Å². The minimum atomic E-state index is -0.920. The summed E-state index contributed by atoms with van der Waals surface area (Å²) in [5.74, 6) is -1.69. The average molecular weight is 547 g/mol. The zero-order valence-electron chi connectivity index (χ0n) is 24.3. The van der Waals surface area contributed by atoms with E-state index >= 15 is 0 Å². The van der Waals surface area contributed by atoms with Gasteiger partial charge in [0, 0.05) is 13.6 Å². The van der Waals surface area contributed by atoms with E-state index in [1.54, 1.807) is 25.7 Å². The summed E-state index contributed by atoms with van der Waals surface area (Å²) in [5, 5.41) is 8.08. The number of carbonyl (C=O) groups is 5. The van der Waals surface area contributed by atoms with Crippen LogP contribution in [-0.4, -0.2) is 71.8 Å². The smallest absolute Gasteiger partial charge is 0.408 e. The summed E-state index contributed by atoms with van der Waals surface area (Å²) >= 11 is 0. The SMILES string of the molecule is CNC(=O)C(=O)C(CC1CC1)NC(=O)[C@@H]1[C@@H]2[C@H](CN1C(=O)C(NC(=O)OC(C)(C)C)C1CCCCC1)C2(C)C. The van der Waals surface area contributed by atoms with E-state index in [-0.39, 0.29) is 29.1 Å². The number of piperidine rings is 1. The van der Waals surface area contributed by atoms with Crippen molar-refractivity contribution in [2.24, 2.45) is 29.1 Å². The summed E-state index contributed by atoms with van der Waals surface area (Å²) in [5.41, 5.74) is -0.825. The maximum atomic E-state index is 14.1. The van der Waals surface area contributed by atoms with Crippen molar-refractivity contribution in [2.75, 3.05) is 13.6 Å². The maximum absolute atomic E-state index is 14.1. The number of hydrogen-bond acceptors (Lipinski definition) is 6. The summed E-state index contributed by atoms with van der Waals surface area (Å²) in [7, 11) is 1.40. The molecule has 0 bridgehead atoms. The number of rotatable bonds is 9. The van der Waals surface area contributed by atoms with Crippen LogP contribution in [0.5, 0.6) is 0 Å². The van der Waals surface area contributed by atoms with Gasteiger partial charge in [-0.05, 0) is 69.1 Å². The number of carbonyl (C=O) groups excluding carboxylic acids is 5. The lowest BCUT2D eigenvalue weighted by Gasteiger charge is -2.37. The lowest BCUT2D eigenvalue weighted by atomic mass is 9.83. The fraction of sp³-hybridized carbons (Fsp3) is 0.828. The molecule has 4 rings (SSSR count). The summed E-state index contributed by atoms with van der Waals surface area (Å²) in [4.78, 5) is 67.3. The van der Waals surface area contributed by atoms with E-state index in [9.17, 15) is 24.0 Å². The molecule has 1 aliphatic heterocycles. The first-order chi connectivity index (χ1) is 18.2. The van der Waals surface area contributed by atoms with Gasteiger partial charge in [-0.15, -0.1) is 0 Å². The Morgan fingerprint density at radius 1 is 0.974 bits per heavy atom. The van der Waals surface area contributed by atoms with Gasteiger partial charge in [-0.3, -0.25) is 19.2 Å². The second kappa shape index (κ2) is 11.1. The third-order valence-corrected chi connectivity index (χ3v) is 9.17. The molecule has 5 atom stereocenters. The Kier molecular flexibility index (Phi) is 8.34. The zero-order chi connectivity index (χ0) is 28.7. The number of Topliss-reactive ketones (excluding diaryl/α,β-unsaturated/α-hetero) is 1. The second-order valence-corrected chi connectivity index (χ2v) is 13.6. The normalized spacial score (nSPS) is 27.5. The fourth-order valence-electron chi connectivity index (χ4n) is 6.73. The van der Waals surface area contributed by atoms with Crippen molar-refractivity contribution in [3.05, 3.63) is 0 Å². The van der Waals surface area contributed by atoms with Crippen LogP contribution in [0.2, 0.25) is 0 Å². The van der Waals surface area contributed by atoms with Gasteiger partial charge in [0.05, 0.1) is 6.04 Å². The molecule has 2 unspecified atom stereocenters. The first kappa shape index (κ1) is 29.3. The predicted octanol–water partition coefficient (Wildman–Crippen LogP) is 2.54. The first-order valence-corrected chi connectivity index (χ1v) is 14.6. The molecule has 218 valence electrons. The molecular formula is C29H46N4O6. The Morgan fingerprint density at radius 2 is 1.62 bits per heavy atom. The lowest BCUT2D eigenvalue weighted by Crippen LogP contribution is -2.59. The van der Waals surface area contributed by atoms with Gasteiger partial charge in [-0.1, -0.05) is 46.0 Å². The molecule has 1 saturated heterocycles. The Morgan fingerprint density at radius 3 is 2.18 bits per heavy atom. The van der Waals surface area contributed by atoms with Crippen molar-refractivity contribution in [3.8, 4) is 0 Å². The van der Waals surface area contributed by atoms with Crippen molar-refractivity contribution in [3.63, 3.8) is 0 Å². The molecular weight excluding hydrogens is 500 g/mol. The average Bonchev–Trinajstić information content (AvgIpc) is 3.72. The highest BCUT2D eigenvalue weighted by Crippen LogP contribution is 2.65. The summed E-state index contributed by atoms with van der Waals surface area (Å²) in [6.07, 6.45) is 6.42. The van der Waals surface area contributed by atoms with E-state index in [1.807, 2.05) is 0 Å². The van der Waals surface area contributed by atoms with Crippen LogP contribution in [0.4, 0.5) is 4.79 Å². The molecule has 4 fully saturated rings. The van der Waals surface area contributed by atoms with Gasteiger partial charge in [0.1, 0.15) is 17.7 Å². The molecule has 1 heterocycles. The van der Waals surface area contributed by atoms with Crippen LogP contribution in [-0.2, 0) is 23.9 Å². The van der Waals surface area contributed by atoms with Gasteiger partial charge in [0.25, 0.3) is 5.91 Å². The van der Waals surface area contributed by atoms with Crippen molar-refractivity contribution in [1.29, 1.82) is 0 Å². The number of ketones is 1. The summed E-state index contributed by atoms with van der Waals surface area (Å²) in [6.45, 7) is 9.94. The minimum absolute atomic E-state index is 0.0372. The van der Waals surface area contributed by atoms with Gasteiger partial charge >= 0.3 is 6.09 Å². The molecule has 3 aliphatic carbocycles. The van der Waals surface area contributed by atoms with Gasteiger partial charge in [0.2, 0.25) is 17.6 Å². The van der Waals surface area contributed by atoms with Gasteiger partial charge < -0.3 is 25.6 Å². The number of hydrogen-bond donors (Lipinski definition) is 3. The number of ether oxygens (including phenoxy) is 1. The lowest BCUT2D eigenvalue weighted by molar-refractivity contribution is -0.145. The van der Waals surface area contributed by atoms with Gasteiger partial charge in [-0.2, -0.15) is 0 Å². The number of alkyl carbamates (subject to hydrolysis) is 1. The topological polar surface area (TPSA) is 134 Å². The van der Waals surface area contributed by atoms with Crippen molar-refractivity contribution < 1.29 is 28.7 Å². The van der Waals surface area contributed by atoms with Gasteiger partial charge in [-0.25, -0.2) is 4.79 Å². The molecule has 0 aromatic rings. The zero-order valence-corrected chi connectivity index (χ0v) is 24.3. The quantitative estimate of drug-likeness (QED) is 0.381. The highest BCUT2D eigenvalue weighted by molar-refractivity contribution is 6.38. The van der Waals surface area contributed by atoms with Crippen molar-refractivity contribution >= 4 is 29.6 Å². The number of likely N-dealkylation sites (tertiary alicyclic amines) is 1. The molecule has 4 aliphatic rings. The Bertz CT molecular complexity index is 994. The Labute approximate surface area is 231 Å². The van der Waals surface area contributed by atoms with Crippen LogP contribution in [0.1, 0.15) is 86.0 Å². The molecule has 3 saturated carbocycles. The Hall–Kier alpha value is -2.65. The fourth-order valence-corrected chi connectivity index (χ4v) is 6.73. The summed E-state index contributed by atoms with van der Waals surface area (Å²) in [6, 6.07) is -2.47. The maximum Gasteiger partial charge on any atom is 0.408 e. The largest absolute Gasteiger partial charge is 0.444 e. The minimum Gasteiger partial charge on any atom is -0.444 e. The summed E-state index contributed by atoms with van der Waals surface area (Å²) < 4.78 is 5.49.